The van der Waals surface area contributed by atoms with Crippen LogP contribution >= 0.6 is 7.82 Å². The predicted octanol–water partition coefficient (Wildman–Crippen LogP) is 10.6. The molecule has 1 aliphatic rings. The summed E-state index contributed by atoms with van der Waals surface area (Å²) in [5.74, 6) is -1.11. The second kappa shape index (κ2) is 40.2. The summed E-state index contributed by atoms with van der Waals surface area (Å²) in [7, 11) is -5.12. The van der Waals surface area contributed by atoms with E-state index in [1.54, 1.807) is 0 Å². The molecule has 0 aliphatic heterocycles. The van der Waals surface area contributed by atoms with Crippen LogP contribution in [0.25, 0.3) is 0 Å². The summed E-state index contributed by atoms with van der Waals surface area (Å²) in [6.07, 6.45) is 33.3. The number of ether oxygens (including phenoxy) is 2. The molecule has 0 aromatic heterocycles. The maximum atomic E-state index is 12.8. The fourth-order valence-corrected chi connectivity index (χ4v) is 8.58. The Morgan fingerprint density at radius 3 is 1.28 bits per heavy atom. The highest BCUT2D eigenvalue weighted by molar-refractivity contribution is 7.47. The van der Waals surface area contributed by atoms with Crippen LogP contribution in [0.3, 0.4) is 0 Å². The lowest BCUT2D eigenvalue weighted by atomic mass is 9.85. The minimum absolute atomic E-state index is 0.0908. The molecule has 1 fully saturated rings. The third-order valence-electron chi connectivity index (χ3n) is 11.7. The summed E-state index contributed by atoms with van der Waals surface area (Å²) >= 11 is 0. The monoisotopic (exact) mass is 931 g/mol. The van der Waals surface area contributed by atoms with Crippen molar-refractivity contribution in [3.63, 3.8) is 0 Å². The van der Waals surface area contributed by atoms with Crippen LogP contribution in [0.1, 0.15) is 213 Å². The third kappa shape index (κ3) is 31.9. The van der Waals surface area contributed by atoms with E-state index < -0.39 is 75.7 Å². The zero-order chi connectivity index (χ0) is 47.1. The molecule has 0 spiro atoms. The first-order valence-corrected chi connectivity index (χ1v) is 26.8. The van der Waals surface area contributed by atoms with Gasteiger partial charge >= 0.3 is 19.8 Å². The molecule has 6 N–H and O–H groups in total. The minimum atomic E-state index is -5.12. The van der Waals surface area contributed by atoms with Gasteiger partial charge in [-0.15, -0.1) is 0 Å². The lowest BCUT2D eigenvalue weighted by molar-refractivity contribution is -0.220. The molecular formula is C50H91O13P. The maximum Gasteiger partial charge on any atom is 0.472 e. The van der Waals surface area contributed by atoms with Crippen LogP contribution in [0.15, 0.2) is 36.5 Å². The molecule has 0 amide bonds. The molecule has 0 radical (unpaired) electrons. The third-order valence-corrected chi connectivity index (χ3v) is 12.7. The highest BCUT2D eigenvalue weighted by Gasteiger charge is 2.51. The normalized spacial score (nSPS) is 21.8. The fourth-order valence-electron chi connectivity index (χ4n) is 7.61. The Morgan fingerprint density at radius 1 is 0.484 bits per heavy atom. The lowest BCUT2D eigenvalue weighted by Gasteiger charge is -2.41. The minimum Gasteiger partial charge on any atom is -0.462 e. The number of hydrogen-bond donors (Lipinski definition) is 6. The number of unbranched alkanes of at least 4 members (excludes halogenated alkanes) is 24. The number of aliphatic hydroxyl groups is 5. The van der Waals surface area contributed by atoms with Crippen molar-refractivity contribution in [1.29, 1.82) is 0 Å². The standard InChI is InChI=1S/C50H91O13P/c1-3-5-7-9-11-13-15-17-19-20-21-22-23-24-25-27-29-31-33-35-37-39-44(52)62-42(41-61-64(58,59)63-50-48(56)46(54)45(53)47(55)49(50)57)40-60-43(51)38-36-34-32-30-28-26-18-16-14-12-10-8-6-4-2/h15-18,20-21,42,45-50,53-57H,3-14,19,22-41H2,1-2H3,(H,58,59)/b17-15-,18-16-,21-20-. The van der Waals surface area contributed by atoms with Crippen molar-refractivity contribution in [2.45, 2.75) is 256 Å². The Balaban J connectivity index is 2.40. The molecule has 0 saturated heterocycles. The van der Waals surface area contributed by atoms with Crippen molar-refractivity contribution in [3.05, 3.63) is 36.5 Å². The number of rotatable bonds is 42. The van der Waals surface area contributed by atoms with Crippen molar-refractivity contribution >= 4 is 19.8 Å². The Bertz CT molecular complexity index is 1260. The first-order valence-electron chi connectivity index (χ1n) is 25.3. The summed E-state index contributed by atoms with van der Waals surface area (Å²) in [4.78, 5) is 35.8. The second-order valence-electron chi connectivity index (χ2n) is 17.7. The molecule has 0 aromatic carbocycles. The van der Waals surface area contributed by atoms with E-state index in [1.807, 2.05) is 0 Å². The highest BCUT2D eigenvalue weighted by atomic mass is 31.2. The van der Waals surface area contributed by atoms with Crippen molar-refractivity contribution in [3.8, 4) is 0 Å². The Kier molecular flexibility index (Phi) is 37.7. The number of carbonyl (C=O) groups excluding carboxylic acids is 2. The van der Waals surface area contributed by atoms with Crippen molar-refractivity contribution in [2.24, 2.45) is 0 Å². The van der Waals surface area contributed by atoms with Gasteiger partial charge in [0, 0.05) is 12.8 Å². The SMILES string of the molecule is CCCCCCC/C=C\C/C=C\CCCCCCCCCCCC(=O)OC(COC(=O)CCCCCCC/C=C\CCCCCCC)COP(=O)(O)OC1C(O)C(O)C(O)C(O)C1O. The molecule has 6 atom stereocenters. The van der Waals surface area contributed by atoms with Crippen LogP contribution in [-0.4, -0.2) is 98.3 Å². The summed E-state index contributed by atoms with van der Waals surface area (Å²) in [6.45, 7) is 3.29. The van der Waals surface area contributed by atoms with E-state index in [9.17, 15) is 44.6 Å². The van der Waals surface area contributed by atoms with E-state index in [1.165, 1.54) is 96.3 Å². The van der Waals surface area contributed by atoms with Crippen LogP contribution < -0.4 is 0 Å². The van der Waals surface area contributed by atoms with Crippen LogP contribution in [0.4, 0.5) is 0 Å². The van der Waals surface area contributed by atoms with Gasteiger partial charge in [-0.25, -0.2) is 4.57 Å². The molecule has 13 nitrogen and oxygen atoms in total. The number of phosphoric ester groups is 1. The summed E-state index contributed by atoms with van der Waals surface area (Å²) in [5, 5.41) is 50.2. The van der Waals surface area contributed by atoms with E-state index >= 15 is 0 Å². The first kappa shape index (κ1) is 60.1. The number of hydrogen-bond acceptors (Lipinski definition) is 12. The second-order valence-corrected chi connectivity index (χ2v) is 19.1. The highest BCUT2D eigenvalue weighted by Crippen LogP contribution is 2.47. The lowest BCUT2D eigenvalue weighted by Crippen LogP contribution is -2.64. The topological polar surface area (TPSA) is 210 Å². The number of carbonyl (C=O) groups is 2. The van der Waals surface area contributed by atoms with Gasteiger partial charge in [-0.2, -0.15) is 0 Å². The van der Waals surface area contributed by atoms with Gasteiger partial charge in [0.15, 0.2) is 6.10 Å². The Morgan fingerprint density at radius 2 is 0.844 bits per heavy atom. The van der Waals surface area contributed by atoms with Gasteiger partial charge in [0.1, 0.15) is 43.2 Å². The molecule has 64 heavy (non-hydrogen) atoms. The molecule has 1 aliphatic carbocycles. The molecular weight excluding hydrogens is 840 g/mol. The number of phosphoric acid groups is 1. The van der Waals surface area contributed by atoms with E-state index in [0.29, 0.717) is 12.8 Å². The molecule has 0 bridgehead atoms. The molecule has 14 heteroatoms. The van der Waals surface area contributed by atoms with E-state index in [2.05, 4.69) is 50.3 Å². The van der Waals surface area contributed by atoms with Gasteiger partial charge in [0.2, 0.25) is 0 Å². The molecule has 1 saturated carbocycles. The summed E-state index contributed by atoms with van der Waals surface area (Å²) < 4.78 is 33.6. The van der Waals surface area contributed by atoms with Crippen LogP contribution in [0.5, 0.6) is 0 Å². The Hall–Kier alpha value is -1.93. The van der Waals surface area contributed by atoms with E-state index in [-0.39, 0.29) is 12.8 Å². The van der Waals surface area contributed by atoms with E-state index in [0.717, 1.165) is 77.0 Å². The predicted molar refractivity (Wildman–Crippen MR) is 253 cm³/mol. The number of aliphatic hydroxyl groups excluding tert-OH is 5. The van der Waals surface area contributed by atoms with Crippen LogP contribution in [0.2, 0.25) is 0 Å². The smallest absolute Gasteiger partial charge is 0.462 e. The van der Waals surface area contributed by atoms with Crippen molar-refractivity contribution in [2.75, 3.05) is 13.2 Å². The zero-order valence-corrected chi connectivity index (χ0v) is 40.7. The van der Waals surface area contributed by atoms with Gasteiger partial charge in [0.05, 0.1) is 6.61 Å². The van der Waals surface area contributed by atoms with Crippen LogP contribution in [-0.2, 0) is 32.7 Å². The van der Waals surface area contributed by atoms with Gasteiger partial charge in [-0.05, 0) is 70.6 Å². The van der Waals surface area contributed by atoms with E-state index in [4.69, 9.17) is 18.5 Å². The zero-order valence-electron chi connectivity index (χ0n) is 39.8. The molecule has 374 valence electrons. The fraction of sp³-hybridized carbons (Fsp3) is 0.840. The van der Waals surface area contributed by atoms with Gasteiger partial charge in [0.25, 0.3) is 0 Å². The average Bonchev–Trinajstić information content (AvgIpc) is 3.28. The number of allylic oxidation sites excluding steroid dienone is 6. The van der Waals surface area contributed by atoms with Gasteiger partial charge in [-0.1, -0.05) is 166 Å². The van der Waals surface area contributed by atoms with Crippen LogP contribution in [0, 0.1) is 0 Å². The van der Waals surface area contributed by atoms with Crippen molar-refractivity contribution < 1.29 is 63.1 Å². The average molecular weight is 931 g/mol. The quantitative estimate of drug-likeness (QED) is 0.0146. The van der Waals surface area contributed by atoms with Gasteiger partial charge in [-0.3, -0.25) is 18.6 Å². The summed E-state index contributed by atoms with van der Waals surface area (Å²) in [6, 6.07) is 0. The largest absolute Gasteiger partial charge is 0.472 e. The number of esters is 2. The first-order chi connectivity index (χ1) is 30.9. The summed E-state index contributed by atoms with van der Waals surface area (Å²) in [5.41, 5.74) is 0. The van der Waals surface area contributed by atoms with Crippen molar-refractivity contribution in [1.82, 2.24) is 0 Å². The molecule has 6 unspecified atom stereocenters. The molecule has 1 rings (SSSR count). The maximum absolute atomic E-state index is 12.8. The molecule has 0 aromatic rings. The van der Waals surface area contributed by atoms with Gasteiger partial charge < -0.3 is 39.9 Å². The Labute approximate surface area is 387 Å². The molecule has 0 heterocycles.